The third-order valence-electron chi connectivity index (χ3n) is 3.65. The maximum Gasteiger partial charge on any atom is 0.251 e. The minimum atomic E-state index is -0.424. The number of fused-ring (bicyclic) bond motifs is 1. The van der Waals surface area contributed by atoms with Crippen molar-refractivity contribution in [2.75, 3.05) is 18.1 Å². The first-order valence-electron chi connectivity index (χ1n) is 6.69. The molecule has 3 N–H and O–H groups in total. The Morgan fingerprint density at radius 1 is 1.43 bits per heavy atom. The highest BCUT2D eigenvalue weighted by molar-refractivity contribution is 7.18. The van der Waals surface area contributed by atoms with Gasteiger partial charge in [0.15, 0.2) is 0 Å². The number of amides is 2. The first-order valence-corrected chi connectivity index (χ1v) is 7.51. The van der Waals surface area contributed by atoms with Crippen molar-refractivity contribution in [3.8, 4) is 0 Å². The molecule has 1 atom stereocenters. The van der Waals surface area contributed by atoms with Crippen LogP contribution in [0.5, 0.6) is 0 Å². The number of likely N-dealkylation sites (tertiary alicyclic amines) is 1. The number of carbonyl (C=O) groups excluding carboxylic acids is 2. The third kappa shape index (κ3) is 2.44. The number of nitrogens with one attached hydrogen (secondary N) is 1. The minimum Gasteiger partial charge on any atom is -0.397 e. The first-order chi connectivity index (χ1) is 9.95. The van der Waals surface area contributed by atoms with Gasteiger partial charge in [-0.2, -0.15) is 0 Å². The van der Waals surface area contributed by atoms with Crippen molar-refractivity contribution in [2.24, 2.45) is 0 Å². The van der Waals surface area contributed by atoms with E-state index in [9.17, 15) is 9.59 Å². The molecule has 2 heterocycles. The van der Waals surface area contributed by atoms with E-state index in [0.29, 0.717) is 24.2 Å². The van der Waals surface area contributed by atoms with Crippen LogP contribution in [0.1, 0.15) is 17.8 Å². The van der Waals surface area contributed by atoms with E-state index in [1.54, 1.807) is 11.3 Å². The summed E-state index contributed by atoms with van der Waals surface area (Å²) in [5.41, 5.74) is 8.18. The average molecular weight is 304 g/mol. The van der Waals surface area contributed by atoms with Crippen LogP contribution in [0.3, 0.4) is 0 Å². The summed E-state index contributed by atoms with van der Waals surface area (Å²) >= 11 is 1.58. The zero-order valence-electron chi connectivity index (χ0n) is 11.8. The van der Waals surface area contributed by atoms with E-state index < -0.39 is 6.04 Å². The number of rotatable bonds is 2. The van der Waals surface area contributed by atoms with Crippen LogP contribution in [-0.2, 0) is 9.59 Å². The fourth-order valence-corrected chi connectivity index (χ4v) is 3.32. The highest BCUT2D eigenvalue weighted by Gasteiger charge is 2.31. The molecule has 110 valence electrons. The number of piperidine rings is 1. The van der Waals surface area contributed by atoms with Gasteiger partial charge in [0.25, 0.3) is 5.91 Å². The van der Waals surface area contributed by atoms with Gasteiger partial charge in [-0.25, -0.2) is 4.98 Å². The Balaban J connectivity index is 1.89. The normalized spacial score (nSPS) is 19.3. The maximum absolute atomic E-state index is 12.1. The Morgan fingerprint density at radius 3 is 2.95 bits per heavy atom. The largest absolute Gasteiger partial charge is 0.397 e. The first kappa shape index (κ1) is 13.8. The lowest BCUT2D eigenvalue weighted by Gasteiger charge is -2.29. The molecule has 1 aromatic heterocycles. The van der Waals surface area contributed by atoms with Crippen molar-refractivity contribution in [1.29, 1.82) is 0 Å². The molecule has 7 heteroatoms. The molecule has 1 unspecified atom stereocenters. The van der Waals surface area contributed by atoms with Crippen LogP contribution in [0, 0.1) is 6.92 Å². The van der Waals surface area contributed by atoms with E-state index in [0.717, 1.165) is 15.2 Å². The predicted molar refractivity (Wildman–Crippen MR) is 83.2 cm³/mol. The number of nitrogens with zero attached hydrogens (tertiary/aromatic N) is 2. The van der Waals surface area contributed by atoms with Crippen LogP contribution < -0.4 is 11.1 Å². The molecule has 0 bridgehead atoms. The van der Waals surface area contributed by atoms with E-state index in [1.165, 1.54) is 11.9 Å². The number of benzene rings is 1. The van der Waals surface area contributed by atoms with Crippen LogP contribution in [0.2, 0.25) is 0 Å². The summed E-state index contributed by atoms with van der Waals surface area (Å²) in [6, 6.07) is 3.30. The number of aromatic nitrogens is 1. The summed E-state index contributed by atoms with van der Waals surface area (Å²) in [6.45, 7) is 1.94. The Kier molecular flexibility index (Phi) is 3.29. The van der Waals surface area contributed by atoms with E-state index in [2.05, 4.69) is 10.3 Å². The van der Waals surface area contributed by atoms with Gasteiger partial charge in [-0.05, 0) is 25.5 Å². The zero-order valence-corrected chi connectivity index (χ0v) is 12.7. The van der Waals surface area contributed by atoms with Gasteiger partial charge >= 0.3 is 0 Å². The van der Waals surface area contributed by atoms with Crippen LogP contribution in [-0.4, -0.2) is 34.8 Å². The van der Waals surface area contributed by atoms with Crippen molar-refractivity contribution in [3.05, 3.63) is 17.1 Å². The fourth-order valence-electron chi connectivity index (χ4n) is 2.47. The number of nitrogens with two attached hydrogens (primary N) is 1. The second-order valence-electron chi connectivity index (χ2n) is 5.17. The van der Waals surface area contributed by atoms with Crippen molar-refractivity contribution in [2.45, 2.75) is 25.8 Å². The SMILES string of the molecule is Cc1nc2cc(NC3CCC(=O)N(C)C3=O)c(N)cc2s1. The molecule has 1 aromatic carbocycles. The number of thiazole rings is 1. The number of hydrogen-bond donors (Lipinski definition) is 2. The van der Waals surface area contributed by atoms with Crippen molar-refractivity contribution < 1.29 is 9.59 Å². The van der Waals surface area contributed by atoms with Crippen molar-refractivity contribution >= 4 is 44.7 Å². The molecular weight excluding hydrogens is 288 g/mol. The van der Waals surface area contributed by atoms with E-state index >= 15 is 0 Å². The fraction of sp³-hybridized carbons (Fsp3) is 0.357. The zero-order chi connectivity index (χ0) is 15.1. The number of likely N-dealkylation sites (N-methyl/N-ethyl adjacent to an activating group) is 1. The molecule has 1 fully saturated rings. The lowest BCUT2D eigenvalue weighted by Crippen LogP contribution is -2.48. The predicted octanol–water partition coefficient (Wildman–Crippen LogP) is 1.75. The molecule has 0 spiro atoms. The molecule has 0 aliphatic carbocycles. The van der Waals surface area contributed by atoms with Crippen LogP contribution in [0.4, 0.5) is 11.4 Å². The second-order valence-corrected chi connectivity index (χ2v) is 6.40. The second kappa shape index (κ2) is 5.00. The smallest absolute Gasteiger partial charge is 0.251 e. The van der Waals surface area contributed by atoms with Gasteiger partial charge in [0.1, 0.15) is 6.04 Å². The molecule has 1 aliphatic heterocycles. The molecule has 2 aromatic rings. The summed E-state index contributed by atoms with van der Waals surface area (Å²) in [5.74, 6) is -0.364. The Labute approximate surface area is 125 Å². The third-order valence-corrected chi connectivity index (χ3v) is 4.58. The molecule has 3 rings (SSSR count). The highest BCUT2D eigenvalue weighted by atomic mass is 32.1. The molecule has 21 heavy (non-hydrogen) atoms. The number of nitrogen functional groups attached to an aromatic ring is 1. The monoisotopic (exact) mass is 304 g/mol. The number of imide groups is 1. The van der Waals surface area contributed by atoms with Gasteiger partial charge in [-0.3, -0.25) is 14.5 Å². The summed E-state index contributed by atoms with van der Waals surface area (Å²) in [6.07, 6.45) is 0.841. The minimum absolute atomic E-state index is 0.142. The lowest BCUT2D eigenvalue weighted by atomic mass is 10.0. The average Bonchev–Trinajstić information content (AvgIpc) is 2.79. The molecule has 2 amide bonds. The number of hydrogen-bond acceptors (Lipinski definition) is 6. The Morgan fingerprint density at radius 2 is 2.19 bits per heavy atom. The molecule has 1 aliphatic rings. The lowest BCUT2D eigenvalue weighted by molar-refractivity contribution is -0.146. The van der Waals surface area contributed by atoms with Gasteiger partial charge in [-0.1, -0.05) is 0 Å². The molecule has 0 radical (unpaired) electrons. The summed E-state index contributed by atoms with van der Waals surface area (Å²) in [5, 5.41) is 4.12. The van der Waals surface area contributed by atoms with Gasteiger partial charge in [0.2, 0.25) is 5.91 Å². The maximum atomic E-state index is 12.1. The molecule has 1 saturated heterocycles. The van der Waals surface area contributed by atoms with Crippen molar-refractivity contribution in [3.63, 3.8) is 0 Å². The van der Waals surface area contributed by atoms with Crippen LogP contribution >= 0.6 is 11.3 Å². The molecule has 0 saturated carbocycles. The Hall–Kier alpha value is -2.15. The van der Waals surface area contributed by atoms with Gasteiger partial charge < -0.3 is 11.1 Å². The summed E-state index contributed by atoms with van der Waals surface area (Å²) in [7, 11) is 1.51. The summed E-state index contributed by atoms with van der Waals surface area (Å²) in [4.78, 5) is 29.2. The van der Waals surface area contributed by atoms with E-state index in [1.807, 2.05) is 19.1 Å². The number of carbonyl (C=O) groups is 2. The van der Waals surface area contributed by atoms with E-state index in [4.69, 9.17) is 5.73 Å². The van der Waals surface area contributed by atoms with Crippen molar-refractivity contribution in [1.82, 2.24) is 9.88 Å². The summed E-state index contributed by atoms with van der Waals surface area (Å²) < 4.78 is 1.03. The van der Waals surface area contributed by atoms with Crippen LogP contribution in [0.15, 0.2) is 12.1 Å². The number of anilines is 2. The highest BCUT2D eigenvalue weighted by Crippen LogP contribution is 2.31. The van der Waals surface area contributed by atoms with Gasteiger partial charge in [0.05, 0.1) is 26.6 Å². The van der Waals surface area contributed by atoms with E-state index in [-0.39, 0.29) is 11.8 Å². The molecule has 6 nitrogen and oxygen atoms in total. The van der Waals surface area contributed by atoms with Crippen LogP contribution in [0.25, 0.3) is 10.2 Å². The Bertz CT molecular complexity index is 740. The van der Waals surface area contributed by atoms with Gasteiger partial charge in [-0.15, -0.1) is 11.3 Å². The molecular formula is C14H16N4O2S. The standard InChI is InChI=1S/C14H16N4O2S/c1-7-16-11-6-10(8(15)5-12(11)21-7)17-9-3-4-13(19)18(2)14(9)20/h5-6,9,17H,3-4,15H2,1-2H3. The quantitative estimate of drug-likeness (QED) is 0.652. The van der Waals surface area contributed by atoms with Gasteiger partial charge in [0, 0.05) is 13.5 Å². The topological polar surface area (TPSA) is 88.3 Å². The number of aryl methyl sites for hydroxylation is 1.